The first-order valence-corrected chi connectivity index (χ1v) is 45.8. The molecule has 2 unspecified atom stereocenters. The number of rotatable bonds is 20. The van der Waals surface area contributed by atoms with Crippen molar-refractivity contribution >= 4 is 188 Å². The average Bonchev–Trinajstić information content (AvgIpc) is 1.55. The molecular weight excluding hydrogens is 1970 g/mol. The van der Waals surface area contributed by atoms with E-state index in [1.165, 1.54) is 93.9 Å². The van der Waals surface area contributed by atoms with Gasteiger partial charge < -0.3 is 48.8 Å². The number of ether oxygens (including phenoxy) is 4. The van der Waals surface area contributed by atoms with E-state index in [-0.39, 0.29) is 86.7 Å². The predicted molar refractivity (Wildman–Crippen MR) is 458 cm³/mol. The Hall–Kier alpha value is -7.36. The summed E-state index contributed by atoms with van der Waals surface area (Å²) in [5.41, 5.74) is 8.05. The molecule has 12 heterocycles. The molecule has 0 saturated carbocycles. The molecule has 36 heteroatoms. The second kappa shape index (κ2) is 39.2. The number of hydrogen-bond acceptors (Lipinski definition) is 26. The van der Waals surface area contributed by atoms with Crippen molar-refractivity contribution in [1.29, 1.82) is 0 Å². The minimum absolute atomic E-state index is 0.00611. The number of amidine groups is 4. The van der Waals surface area contributed by atoms with Gasteiger partial charge in [-0.3, -0.25) is 20.0 Å². The van der Waals surface area contributed by atoms with E-state index in [0.29, 0.717) is 101 Å². The van der Waals surface area contributed by atoms with Gasteiger partial charge in [0.05, 0.1) is 48.7 Å². The molecule has 8 aromatic rings. The molecule has 0 bridgehead atoms. The van der Waals surface area contributed by atoms with Crippen molar-refractivity contribution in [2.75, 3.05) is 76.5 Å². The molecule has 116 heavy (non-hydrogen) atoms. The molecule has 8 aliphatic rings. The largest absolute Gasteiger partial charge is 0.463 e. The number of aliphatic hydroxyl groups excluding tert-OH is 2. The molecule has 8 aliphatic heterocycles. The number of allylic oxidation sites excluding steroid dienone is 4. The van der Waals surface area contributed by atoms with Gasteiger partial charge in [-0.2, -0.15) is 0 Å². The zero-order chi connectivity index (χ0) is 82.2. The van der Waals surface area contributed by atoms with Gasteiger partial charge >= 0.3 is 23.9 Å². The quantitative estimate of drug-likeness (QED) is 0.0311. The van der Waals surface area contributed by atoms with Crippen LogP contribution in [0.25, 0.3) is 0 Å². The number of alkyl halides is 2. The number of benzene rings is 4. The Morgan fingerprint density at radius 3 is 0.802 bits per heavy atom. The summed E-state index contributed by atoms with van der Waals surface area (Å²) in [5.74, 6) is 0.305. The van der Waals surface area contributed by atoms with Crippen molar-refractivity contribution in [3.05, 3.63) is 248 Å². The highest BCUT2D eigenvalue weighted by Gasteiger charge is 2.48. The van der Waals surface area contributed by atoms with Gasteiger partial charge in [0.15, 0.2) is 43.4 Å². The number of halogens is 10. The fourth-order valence-corrected chi connectivity index (χ4v) is 20.5. The van der Waals surface area contributed by atoms with Crippen LogP contribution in [-0.2, 0) is 38.1 Å². The van der Waals surface area contributed by atoms with Gasteiger partial charge in [-0.05, 0) is 136 Å². The topological polar surface area (TPSA) is 260 Å². The Kier molecular flexibility index (Phi) is 29.3. The molecule has 4 fully saturated rings. The molecule has 16 rings (SSSR count). The van der Waals surface area contributed by atoms with E-state index in [2.05, 4.69) is 125 Å². The van der Waals surface area contributed by atoms with Crippen LogP contribution in [-0.4, -0.2) is 173 Å². The number of thiazole rings is 4. The summed E-state index contributed by atoms with van der Waals surface area (Å²) in [7, 11) is 0. The summed E-state index contributed by atoms with van der Waals surface area (Å²) < 4.78 is 78.5. The first-order chi connectivity index (χ1) is 56.1. The fourth-order valence-electron chi connectivity index (χ4n) is 14.8. The van der Waals surface area contributed by atoms with E-state index in [4.69, 9.17) is 38.9 Å². The van der Waals surface area contributed by atoms with Gasteiger partial charge in [0, 0.05) is 149 Å². The van der Waals surface area contributed by atoms with Crippen molar-refractivity contribution in [2.45, 2.75) is 77.5 Å². The molecule has 2 N–H and O–H groups in total. The van der Waals surface area contributed by atoms with E-state index in [0.717, 1.165) is 102 Å². The Labute approximate surface area is 732 Å². The Morgan fingerprint density at radius 1 is 0.388 bits per heavy atom. The lowest BCUT2D eigenvalue weighted by Gasteiger charge is -2.32. The van der Waals surface area contributed by atoms with Crippen LogP contribution in [0.15, 0.2) is 202 Å². The number of carbonyl (C=O) groups is 4. The SMILES string of the molecule is CCOC(=O)C1=C2C[C@@H](CBr)CN2C(c2nccs2)=N[C@H]1c1ccc(F)cc1Br.CCOC(=O)C1=C2C[C@@H](CO)CN2C(c2nccs2)=NC1c1ccc(F)cc1Br.CCOC(=O)C1=C2C[C@@H](CO)CN2C(c2nccs2)=NC1c1ccc(F)cc1Br.CCOC(=O)C1=C2C[C@H](CBr)CN2C(c2nccs2)=N[C@H]1c1ccc(F)cc1Br. The summed E-state index contributed by atoms with van der Waals surface area (Å²) >= 11 is 26.8. The van der Waals surface area contributed by atoms with Crippen molar-refractivity contribution in [3.63, 3.8) is 0 Å². The lowest BCUT2D eigenvalue weighted by Crippen LogP contribution is -2.35. The Morgan fingerprint density at radius 2 is 0.612 bits per heavy atom. The van der Waals surface area contributed by atoms with Gasteiger partial charge in [0.1, 0.15) is 47.4 Å². The number of hydrogen-bond donors (Lipinski definition) is 2. The van der Waals surface area contributed by atoms with E-state index in [9.17, 15) is 47.0 Å². The first kappa shape index (κ1) is 86.5. The molecule has 0 spiro atoms. The van der Waals surface area contributed by atoms with Crippen molar-refractivity contribution in [2.24, 2.45) is 43.6 Å². The Balaban J connectivity index is 0.000000135. The molecule has 22 nitrogen and oxygen atoms in total. The second-order valence-electron chi connectivity index (χ2n) is 27.2. The van der Waals surface area contributed by atoms with Crippen LogP contribution in [0.1, 0.15) is 120 Å². The number of carbonyl (C=O) groups excluding carboxylic acids is 4. The van der Waals surface area contributed by atoms with Crippen LogP contribution in [0, 0.1) is 46.9 Å². The smallest absolute Gasteiger partial charge is 0.338 e. The van der Waals surface area contributed by atoms with Crippen molar-refractivity contribution in [1.82, 2.24) is 39.5 Å². The molecule has 4 aromatic carbocycles. The predicted octanol–water partition coefficient (Wildman–Crippen LogP) is 17.5. The van der Waals surface area contributed by atoms with E-state index in [1.807, 2.05) is 31.3 Å². The maximum absolute atomic E-state index is 13.7. The van der Waals surface area contributed by atoms with E-state index < -0.39 is 36.1 Å². The van der Waals surface area contributed by atoms with E-state index >= 15 is 0 Å². The first-order valence-electron chi connectivity index (χ1n) is 36.9. The third-order valence-corrected chi connectivity index (χ3v) is 27.5. The van der Waals surface area contributed by atoms with Gasteiger partial charge in [0.2, 0.25) is 0 Å². The highest BCUT2D eigenvalue weighted by molar-refractivity contribution is 9.11. The Bertz CT molecular complexity index is 4610. The molecule has 0 amide bonds. The van der Waals surface area contributed by atoms with Crippen molar-refractivity contribution in [3.8, 4) is 0 Å². The van der Waals surface area contributed by atoms with Gasteiger partial charge in [-0.25, -0.2) is 56.7 Å². The van der Waals surface area contributed by atoms with E-state index in [1.54, 1.807) is 76.7 Å². The third-order valence-electron chi connectivity index (χ3n) is 19.8. The summed E-state index contributed by atoms with van der Waals surface area (Å²) in [4.78, 5) is 97.3. The minimum Gasteiger partial charge on any atom is -0.463 e. The maximum atomic E-state index is 13.7. The zero-order valence-electron chi connectivity index (χ0n) is 62.4. The number of aliphatic imine (C=N–C) groups is 4. The molecule has 4 saturated heterocycles. The minimum atomic E-state index is -0.661. The van der Waals surface area contributed by atoms with Gasteiger partial charge in [-0.15, -0.1) is 45.3 Å². The molecule has 8 atom stereocenters. The number of aliphatic hydroxyl groups is 2. The van der Waals surface area contributed by atoms with Crippen LogP contribution in [0.2, 0.25) is 0 Å². The molecule has 608 valence electrons. The van der Waals surface area contributed by atoms with Crippen LogP contribution in [0.5, 0.6) is 0 Å². The lowest BCUT2D eigenvalue weighted by molar-refractivity contribution is -0.140. The highest BCUT2D eigenvalue weighted by atomic mass is 79.9. The zero-order valence-corrected chi connectivity index (χ0v) is 75.2. The lowest BCUT2D eigenvalue weighted by atomic mass is 9.94. The molecule has 4 aromatic heterocycles. The molecule has 0 aliphatic carbocycles. The van der Waals surface area contributed by atoms with Crippen LogP contribution in [0.4, 0.5) is 17.6 Å². The highest BCUT2D eigenvalue weighted by Crippen LogP contribution is 2.50. The standard InChI is InChI=1S/2C20H18Br2FN3O2S.2C20H19BrFN3O3S/c2*1-2-28-20(27)16-15-7-11(9-21)10-26(15)18(19-24-5-6-29-19)25-17(16)13-4-3-12(23)8-14(13)22;2*1-2-28-20(27)16-15-7-11(10-26)9-25(15)18(19-23-5-6-29-19)24-17(16)13-4-3-12(22)8-14(13)21/h2*3-6,8,11,17H,2,7,9-10H2,1H3;2*3-6,8,11,17,26H,2,7,9-10H2,1H3/t11-,17+;11-,17-;2*11-,17?/m1011/s1. The van der Waals surface area contributed by atoms with Crippen LogP contribution in [0.3, 0.4) is 0 Å². The monoisotopic (exact) mass is 2040 g/mol. The average molecular weight is 2050 g/mol. The second-order valence-corrected chi connectivity index (χ2v) is 35.4. The third kappa shape index (κ3) is 18.6. The summed E-state index contributed by atoms with van der Waals surface area (Å²) in [6.07, 6.45) is 9.43. The molecular formula is C80H74Br6F4N12O10S4. The number of aromatic nitrogens is 4. The fraction of sp³-hybridized carbons (Fsp3) is 0.350. The van der Waals surface area contributed by atoms with Crippen molar-refractivity contribution < 1.29 is 65.9 Å². The summed E-state index contributed by atoms with van der Waals surface area (Å²) in [6.45, 7) is 10.7. The number of fused-ring (bicyclic) bond motifs is 4. The number of esters is 4. The number of nitrogens with zero attached hydrogens (tertiary/aromatic N) is 12. The van der Waals surface area contributed by atoms with Crippen LogP contribution < -0.4 is 0 Å². The summed E-state index contributed by atoms with van der Waals surface area (Å²) in [6, 6.07) is 15.0. The molecule has 0 radical (unpaired) electrons. The van der Waals surface area contributed by atoms with Gasteiger partial charge in [0.25, 0.3) is 0 Å². The normalized spacial score (nSPS) is 21.2. The van der Waals surface area contributed by atoms with Crippen LogP contribution >= 0.6 is 141 Å². The maximum Gasteiger partial charge on any atom is 0.338 e. The van der Waals surface area contributed by atoms with Gasteiger partial charge in [-0.1, -0.05) is 120 Å². The summed E-state index contributed by atoms with van der Waals surface area (Å²) in [5, 5.41) is 31.7.